The van der Waals surface area contributed by atoms with Crippen LogP contribution in [0.3, 0.4) is 0 Å². The molecule has 2 aliphatic carbocycles. The number of aliphatic hydroxyl groups is 1. The van der Waals surface area contributed by atoms with E-state index >= 15 is 0 Å². The summed E-state index contributed by atoms with van der Waals surface area (Å²) in [5.74, 6) is -0.330. The zero-order chi connectivity index (χ0) is 24.0. The Labute approximate surface area is 204 Å². The molecule has 0 spiro atoms. The molecule has 0 radical (unpaired) electrons. The lowest BCUT2D eigenvalue weighted by molar-refractivity contribution is 0.0603. The van der Waals surface area contributed by atoms with Crippen molar-refractivity contribution in [2.45, 2.75) is 43.6 Å². The van der Waals surface area contributed by atoms with Crippen LogP contribution in [0.4, 0.5) is 5.69 Å². The Hall–Kier alpha value is -3.64. The topological polar surface area (TPSA) is 87.2 Å². The number of nitrogens with one attached hydrogen (secondary N) is 2. The normalized spacial score (nSPS) is 17.8. The van der Waals surface area contributed by atoms with Crippen molar-refractivity contribution in [1.82, 2.24) is 9.97 Å². The molecule has 0 amide bonds. The van der Waals surface area contributed by atoms with Crippen LogP contribution in [0.15, 0.2) is 60.9 Å². The average Bonchev–Trinajstić information content (AvgIpc) is 3.47. The first-order chi connectivity index (χ1) is 17.1. The van der Waals surface area contributed by atoms with Crippen LogP contribution in [-0.2, 0) is 23.0 Å². The zero-order valence-corrected chi connectivity index (χ0v) is 19.8. The number of hydrogen-bond acceptors (Lipinski definition) is 5. The lowest BCUT2D eigenvalue weighted by atomic mass is 9.85. The number of para-hydroxylation sites is 1. The number of aromatic nitrogens is 2. The van der Waals surface area contributed by atoms with E-state index in [1.54, 1.807) is 6.07 Å². The second-order valence-electron chi connectivity index (χ2n) is 9.65. The van der Waals surface area contributed by atoms with Crippen LogP contribution in [-0.4, -0.2) is 34.7 Å². The number of benzene rings is 2. The largest absolute Gasteiger partial charge is 0.465 e. The molecule has 2 aromatic carbocycles. The molecule has 3 N–H and O–H groups in total. The van der Waals surface area contributed by atoms with Gasteiger partial charge in [0.25, 0.3) is 0 Å². The van der Waals surface area contributed by atoms with Gasteiger partial charge in [-0.2, -0.15) is 0 Å². The summed E-state index contributed by atoms with van der Waals surface area (Å²) in [6.45, 7) is 0.787. The summed E-state index contributed by atoms with van der Waals surface area (Å²) in [5, 5.41) is 14.8. The van der Waals surface area contributed by atoms with Crippen LogP contribution in [0, 0.1) is 0 Å². The van der Waals surface area contributed by atoms with Crippen molar-refractivity contribution in [3.63, 3.8) is 0 Å². The van der Waals surface area contributed by atoms with E-state index in [2.05, 4.69) is 45.6 Å². The van der Waals surface area contributed by atoms with Gasteiger partial charge in [-0.05, 0) is 78.6 Å². The molecule has 35 heavy (non-hydrogen) atoms. The summed E-state index contributed by atoms with van der Waals surface area (Å²) in [4.78, 5) is 19.7. The van der Waals surface area contributed by atoms with Gasteiger partial charge in [0, 0.05) is 35.4 Å². The highest BCUT2D eigenvalue weighted by molar-refractivity contribution is 6.03. The number of carbonyl (C=O) groups excluding carboxylic acids is 1. The van der Waals surface area contributed by atoms with E-state index in [0.717, 1.165) is 60.9 Å². The van der Waals surface area contributed by atoms with Gasteiger partial charge in [0.2, 0.25) is 0 Å². The third kappa shape index (κ3) is 3.69. The predicted molar refractivity (Wildman–Crippen MR) is 136 cm³/mol. The number of anilines is 1. The molecule has 2 aliphatic rings. The predicted octanol–water partition coefficient (Wildman–Crippen LogP) is 5.06. The van der Waals surface area contributed by atoms with Crippen LogP contribution in [0.5, 0.6) is 0 Å². The molecular weight excluding hydrogens is 438 g/mol. The van der Waals surface area contributed by atoms with Crippen molar-refractivity contribution in [2.24, 2.45) is 0 Å². The Bertz CT molecular complexity index is 1400. The van der Waals surface area contributed by atoms with E-state index in [9.17, 15) is 9.90 Å². The van der Waals surface area contributed by atoms with Gasteiger partial charge in [0.1, 0.15) is 0 Å². The van der Waals surface area contributed by atoms with Crippen molar-refractivity contribution in [2.75, 3.05) is 19.0 Å². The van der Waals surface area contributed by atoms with E-state index in [-0.39, 0.29) is 11.4 Å². The van der Waals surface area contributed by atoms with Crippen molar-refractivity contribution in [3.05, 3.63) is 94.4 Å². The maximum Gasteiger partial charge on any atom is 0.339 e. The van der Waals surface area contributed by atoms with Gasteiger partial charge in [-0.25, -0.2) is 4.79 Å². The monoisotopic (exact) mass is 467 g/mol. The molecule has 0 bridgehead atoms. The van der Waals surface area contributed by atoms with E-state index in [1.807, 2.05) is 24.5 Å². The standard InChI is InChI=1S/C29H29N3O3/c1-35-28(34)23-4-2-3-21-18(17-32-26(21)23)11-15-30-20-7-5-19(6-8-20)29(13-14-29)24-12-16-31-27-22(24)9-10-25(27)33/h2-8,12,16-17,25,30,32-33H,9-11,13-15H2,1H3. The fourth-order valence-corrected chi connectivity index (χ4v) is 5.71. The smallest absolute Gasteiger partial charge is 0.339 e. The number of carbonyl (C=O) groups is 1. The molecule has 0 saturated heterocycles. The van der Waals surface area contributed by atoms with E-state index in [0.29, 0.717) is 5.56 Å². The number of aliphatic hydroxyl groups excluding tert-OH is 1. The Morgan fingerprint density at radius 3 is 2.80 bits per heavy atom. The van der Waals surface area contributed by atoms with E-state index in [4.69, 9.17) is 4.74 Å². The number of aromatic amines is 1. The zero-order valence-electron chi connectivity index (χ0n) is 19.8. The highest BCUT2D eigenvalue weighted by Crippen LogP contribution is 2.55. The van der Waals surface area contributed by atoms with Gasteiger partial charge < -0.3 is 20.1 Å². The van der Waals surface area contributed by atoms with E-state index in [1.165, 1.54) is 29.4 Å². The Kier molecular flexibility index (Phi) is 5.33. The highest BCUT2D eigenvalue weighted by Gasteiger charge is 2.48. The van der Waals surface area contributed by atoms with E-state index < -0.39 is 6.10 Å². The number of methoxy groups -OCH3 is 1. The van der Waals surface area contributed by atoms with Gasteiger partial charge in [-0.3, -0.25) is 4.98 Å². The average molecular weight is 468 g/mol. The third-order valence-electron chi connectivity index (χ3n) is 7.71. The summed E-state index contributed by atoms with van der Waals surface area (Å²) >= 11 is 0. The third-order valence-corrected chi connectivity index (χ3v) is 7.71. The van der Waals surface area contributed by atoms with Gasteiger partial charge in [0.15, 0.2) is 0 Å². The number of esters is 1. The summed E-state index contributed by atoms with van der Waals surface area (Å²) in [5.41, 5.74) is 8.53. The van der Waals surface area contributed by atoms with Crippen LogP contribution in [0.2, 0.25) is 0 Å². The van der Waals surface area contributed by atoms with Crippen molar-refractivity contribution in [3.8, 4) is 0 Å². The summed E-state index contributed by atoms with van der Waals surface area (Å²) < 4.78 is 4.90. The summed E-state index contributed by atoms with van der Waals surface area (Å²) in [7, 11) is 1.40. The second kappa shape index (κ2) is 8.54. The SMILES string of the molecule is COC(=O)c1cccc2c(CCNc3ccc(C4(c5ccnc6c5CCC6O)CC4)cc3)c[nH]c12. The molecule has 6 nitrogen and oxygen atoms in total. The Balaban J connectivity index is 1.15. The minimum absolute atomic E-state index is 0.0665. The maximum atomic E-state index is 12.0. The molecule has 2 aromatic heterocycles. The molecular formula is C29H29N3O3. The molecule has 4 aromatic rings. The number of hydrogen-bond donors (Lipinski definition) is 3. The summed E-state index contributed by atoms with van der Waals surface area (Å²) in [6.07, 6.45) is 8.22. The highest BCUT2D eigenvalue weighted by atomic mass is 16.5. The van der Waals surface area contributed by atoms with Crippen molar-refractivity contribution >= 4 is 22.6 Å². The lowest BCUT2D eigenvalue weighted by Crippen LogP contribution is -2.13. The first kappa shape index (κ1) is 21.9. The fourth-order valence-electron chi connectivity index (χ4n) is 5.71. The first-order valence-corrected chi connectivity index (χ1v) is 12.3. The molecule has 2 heterocycles. The van der Waals surface area contributed by atoms with Crippen molar-refractivity contribution in [1.29, 1.82) is 0 Å². The molecule has 178 valence electrons. The number of rotatable bonds is 7. The quantitative estimate of drug-likeness (QED) is 0.331. The van der Waals surface area contributed by atoms with Crippen LogP contribution in [0.1, 0.15) is 63.7 Å². The van der Waals surface area contributed by atoms with Crippen LogP contribution >= 0.6 is 0 Å². The molecule has 1 unspecified atom stereocenters. The lowest BCUT2D eigenvalue weighted by Gasteiger charge is -2.20. The number of pyridine rings is 1. The number of H-pyrrole nitrogens is 1. The Morgan fingerprint density at radius 1 is 1.20 bits per heavy atom. The summed E-state index contributed by atoms with van der Waals surface area (Å²) in [6, 6.07) is 16.7. The fraction of sp³-hybridized carbons (Fsp3) is 0.310. The number of fused-ring (bicyclic) bond motifs is 2. The Morgan fingerprint density at radius 2 is 2.03 bits per heavy atom. The van der Waals surface area contributed by atoms with Crippen LogP contribution in [0.25, 0.3) is 10.9 Å². The molecule has 1 saturated carbocycles. The molecule has 6 rings (SSSR count). The minimum atomic E-state index is -0.420. The molecule has 0 aliphatic heterocycles. The number of ether oxygens (including phenoxy) is 1. The van der Waals surface area contributed by atoms with Crippen LogP contribution < -0.4 is 5.32 Å². The molecule has 1 fully saturated rings. The second-order valence-corrected chi connectivity index (χ2v) is 9.65. The van der Waals surface area contributed by atoms with Gasteiger partial charge in [-0.15, -0.1) is 0 Å². The van der Waals surface area contributed by atoms with Gasteiger partial charge in [0.05, 0.1) is 30.0 Å². The van der Waals surface area contributed by atoms with Gasteiger partial charge in [-0.1, -0.05) is 24.3 Å². The maximum absolute atomic E-state index is 12.0. The number of nitrogens with zero attached hydrogens (tertiary/aromatic N) is 1. The van der Waals surface area contributed by atoms with Crippen molar-refractivity contribution < 1.29 is 14.6 Å². The first-order valence-electron chi connectivity index (χ1n) is 12.3. The van der Waals surface area contributed by atoms with Gasteiger partial charge >= 0.3 is 5.97 Å². The minimum Gasteiger partial charge on any atom is -0.465 e. The molecule has 6 heteroatoms. The molecule has 1 atom stereocenters.